The zero-order valence-electron chi connectivity index (χ0n) is 16.8. The zero-order valence-corrected chi connectivity index (χ0v) is 16.8. The van der Waals surface area contributed by atoms with Gasteiger partial charge in [0.05, 0.1) is 21.1 Å². The smallest absolute Gasteiger partial charge is 0.120 e. The fourth-order valence-electron chi connectivity index (χ4n) is 3.17. The Morgan fingerprint density at radius 3 is 1.83 bits per heavy atom. The molecule has 1 atom stereocenters. The van der Waals surface area contributed by atoms with Gasteiger partial charge < -0.3 is 9.22 Å². The van der Waals surface area contributed by atoms with Crippen molar-refractivity contribution >= 4 is 5.94 Å². The second kappa shape index (κ2) is 15.9. The third-order valence-corrected chi connectivity index (χ3v) is 4.36. The van der Waals surface area contributed by atoms with Gasteiger partial charge in [-0.25, -0.2) is 4.79 Å². The van der Waals surface area contributed by atoms with E-state index in [2.05, 4.69) is 28.1 Å². The maximum absolute atomic E-state index is 10.0. The van der Waals surface area contributed by atoms with E-state index in [1.54, 1.807) is 6.08 Å². The van der Waals surface area contributed by atoms with Gasteiger partial charge in [-0.3, -0.25) is 0 Å². The number of rotatable bonds is 17. The van der Waals surface area contributed by atoms with Gasteiger partial charge in [0.15, 0.2) is 0 Å². The largest absolute Gasteiger partial charge is 0.373 e. The second-order valence-electron chi connectivity index (χ2n) is 7.99. The molecule has 24 heavy (non-hydrogen) atoms. The van der Waals surface area contributed by atoms with Crippen LogP contribution in [0.1, 0.15) is 84.0 Å². The van der Waals surface area contributed by atoms with Crippen molar-refractivity contribution in [3.05, 3.63) is 6.08 Å². The summed E-state index contributed by atoms with van der Waals surface area (Å²) in [4.78, 5) is 10.0. The number of allylic oxidation sites excluding steroid dienone is 1. The quantitative estimate of drug-likeness (QED) is 0.207. The van der Waals surface area contributed by atoms with Gasteiger partial charge in [0.1, 0.15) is 18.6 Å². The van der Waals surface area contributed by atoms with Crippen LogP contribution in [0.3, 0.4) is 0 Å². The van der Waals surface area contributed by atoms with Crippen molar-refractivity contribution in [1.82, 2.24) is 0 Å². The normalized spacial score (nSPS) is 12.8. The van der Waals surface area contributed by atoms with E-state index in [0.717, 1.165) is 30.5 Å². The molecule has 0 rings (SSSR count). The number of likely N-dealkylation sites (N-methyl/N-ethyl adjacent to an activating group) is 1. The fourth-order valence-corrected chi connectivity index (χ4v) is 3.17. The maximum atomic E-state index is 10.0. The molecule has 0 spiro atoms. The van der Waals surface area contributed by atoms with Crippen molar-refractivity contribution in [2.45, 2.75) is 90.1 Å². The number of quaternary nitrogens is 1. The van der Waals surface area contributed by atoms with Gasteiger partial charge in [-0.05, 0) is 32.3 Å². The third kappa shape index (κ3) is 17.7. The van der Waals surface area contributed by atoms with Crippen molar-refractivity contribution in [1.29, 1.82) is 0 Å². The van der Waals surface area contributed by atoms with Crippen LogP contribution in [0.5, 0.6) is 0 Å². The summed E-state index contributed by atoms with van der Waals surface area (Å²) in [5.41, 5.74) is 0. The molecule has 0 bridgehead atoms. The maximum Gasteiger partial charge on any atom is 0.120 e. The molecule has 0 aliphatic carbocycles. The van der Waals surface area contributed by atoms with E-state index >= 15 is 0 Å². The Labute approximate surface area is 151 Å². The molecule has 0 fully saturated rings. The van der Waals surface area contributed by atoms with Gasteiger partial charge in [0.25, 0.3) is 0 Å². The standard InChI is InChI=1S/C21H42NO2/c1-5-24-21(20-22(2,3)4)18-16-14-12-10-8-6-7-9-11-13-15-17-19-23/h17,21H,5-16,18,20H2,1-4H3/q+1. The van der Waals surface area contributed by atoms with Crippen LogP contribution in [-0.2, 0) is 9.53 Å². The first kappa shape index (κ1) is 23.4. The zero-order chi connectivity index (χ0) is 18.1. The Morgan fingerprint density at radius 2 is 1.38 bits per heavy atom. The Morgan fingerprint density at radius 1 is 0.875 bits per heavy atom. The minimum Gasteiger partial charge on any atom is -0.373 e. The van der Waals surface area contributed by atoms with E-state index < -0.39 is 0 Å². The summed E-state index contributed by atoms with van der Waals surface area (Å²) in [7, 11) is 6.72. The first-order chi connectivity index (χ1) is 11.5. The van der Waals surface area contributed by atoms with Crippen molar-refractivity contribution < 1.29 is 14.0 Å². The molecular formula is C21H42NO2+. The molecule has 3 nitrogen and oxygen atoms in total. The molecular weight excluding hydrogens is 298 g/mol. The first-order valence-electron chi connectivity index (χ1n) is 10.1. The monoisotopic (exact) mass is 340 g/mol. The molecule has 0 aromatic rings. The van der Waals surface area contributed by atoms with Crippen molar-refractivity contribution in [2.24, 2.45) is 0 Å². The molecule has 0 saturated carbocycles. The fraction of sp³-hybridized carbons (Fsp3) is 0.905. The molecule has 0 saturated heterocycles. The molecule has 142 valence electrons. The highest BCUT2D eigenvalue weighted by Crippen LogP contribution is 2.14. The minimum atomic E-state index is 0.420. The molecule has 0 amide bonds. The third-order valence-electron chi connectivity index (χ3n) is 4.36. The Hall–Kier alpha value is -0.630. The number of ether oxygens (including phenoxy) is 1. The highest BCUT2D eigenvalue weighted by atomic mass is 16.5. The molecule has 0 N–H and O–H groups in total. The Bertz CT molecular complexity index is 316. The topological polar surface area (TPSA) is 26.3 Å². The van der Waals surface area contributed by atoms with Gasteiger partial charge in [-0.1, -0.05) is 57.8 Å². The van der Waals surface area contributed by atoms with E-state index in [9.17, 15) is 4.79 Å². The average Bonchev–Trinajstić information content (AvgIpc) is 2.50. The predicted molar refractivity (Wildman–Crippen MR) is 104 cm³/mol. The molecule has 1 unspecified atom stereocenters. The van der Waals surface area contributed by atoms with Crippen LogP contribution in [0.25, 0.3) is 0 Å². The van der Waals surface area contributed by atoms with Crippen molar-refractivity contribution in [3.8, 4) is 0 Å². The number of hydrogen-bond acceptors (Lipinski definition) is 2. The van der Waals surface area contributed by atoms with Crippen LogP contribution in [0.2, 0.25) is 0 Å². The van der Waals surface area contributed by atoms with Crippen LogP contribution in [0.4, 0.5) is 0 Å². The van der Waals surface area contributed by atoms with E-state index in [-0.39, 0.29) is 0 Å². The van der Waals surface area contributed by atoms with E-state index in [1.165, 1.54) is 64.2 Å². The summed E-state index contributed by atoms with van der Waals surface area (Å²) in [6.45, 7) is 4.04. The summed E-state index contributed by atoms with van der Waals surface area (Å²) in [5, 5.41) is 0. The molecule has 0 aromatic carbocycles. The van der Waals surface area contributed by atoms with Gasteiger partial charge in [0, 0.05) is 6.61 Å². The van der Waals surface area contributed by atoms with Crippen LogP contribution in [0.15, 0.2) is 6.08 Å². The lowest BCUT2D eigenvalue weighted by Crippen LogP contribution is -2.42. The molecule has 0 aromatic heterocycles. The molecule has 0 aliphatic rings. The lowest BCUT2D eigenvalue weighted by molar-refractivity contribution is -0.873. The van der Waals surface area contributed by atoms with Crippen LogP contribution >= 0.6 is 0 Å². The van der Waals surface area contributed by atoms with E-state index in [1.807, 2.05) is 5.94 Å². The summed E-state index contributed by atoms with van der Waals surface area (Å²) in [6.07, 6.45) is 17.3. The summed E-state index contributed by atoms with van der Waals surface area (Å²) in [5.74, 6) is 1.84. The average molecular weight is 341 g/mol. The molecule has 0 radical (unpaired) electrons. The molecule has 0 aliphatic heterocycles. The summed E-state index contributed by atoms with van der Waals surface area (Å²) >= 11 is 0. The van der Waals surface area contributed by atoms with Crippen molar-refractivity contribution in [2.75, 3.05) is 34.3 Å². The van der Waals surface area contributed by atoms with Crippen LogP contribution in [-0.4, -0.2) is 50.8 Å². The highest BCUT2D eigenvalue weighted by Gasteiger charge is 2.17. The Kier molecular flexibility index (Phi) is 15.5. The lowest BCUT2D eigenvalue weighted by Gasteiger charge is -2.29. The van der Waals surface area contributed by atoms with Crippen molar-refractivity contribution in [3.63, 3.8) is 0 Å². The summed E-state index contributed by atoms with van der Waals surface area (Å²) < 4.78 is 6.87. The van der Waals surface area contributed by atoms with Gasteiger partial charge in [-0.15, -0.1) is 0 Å². The molecule has 3 heteroatoms. The highest BCUT2D eigenvalue weighted by molar-refractivity contribution is 5.44. The van der Waals surface area contributed by atoms with Gasteiger partial charge >= 0.3 is 0 Å². The summed E-state index contributed by atoms with van der Waals surface area (Å²) in [6, 6.07) is 0. The number of carbonyl (C=O) groups excluding carboxylic acids is 1. The van der Waals surface area contributed by atoms with E-state index in [4.69, 9.17) is 4.74 Å². The lowest BCUT2D eigenvalue weighted by atomic mass is 10.0. The first-order valence-corrected chi connectivity index (χ1v) is 10.1. The number of hydrogen-bond donors (Lipinski definition) is 0. The minimum absolute atomic E-state index is 0.420. The van der Waals surface area contributed by atoms with Crippen LogP contribution < -0.4 is 0 Å². The van der Waals surface area contributed by atoms with Gasteiger partial charge in [0.2, 0.25) is 0 Å². The van der Waals surface area contributed by atoms with E-state index in [0.29, 0.717) is 6.10 Å². The predicted octanol–water partition coefficient (Wildman–Crippen LogP) is 5.17. The molecule has 0 heterocycles. The van der Waals surface area contributed by atoms with Crippen LogP contribution in [0, 0.1) is 0 Å². The second-order valence-corrected chi connectivity index (χ2v) is 7.99. The SMILES string of the molecule is CCOC(CCCCCCCCCCCCC=C=O)C[N+](C)(C)C. The Balaban J connectivity index is 3.40. The van der Waals surface area contributed by atoms with Gasteiger partial charge in [-0.2, -0.15) is 0 Å². The number of unbranched alkanes of at least 4 members (excludes halogenated alkanes) is 10. The number of nitrogens with zero attached hydrogens (tertiary/aromatic N) is 1.